The van der Waals surface area contributed by atoms with Gasteiger partial charge in [0.05, 0.1) is 12.9 Å². The molecule has 0 aliphatic heterocycles. The van der Waals surface area contributed by atoms with Gasteiger partial charge in [0.25, 0.3) is 5.56 Å². The summed E-state index contributed by atoms with van der Waals surface area (Å²) in [6.45, 7) is 7.24. The average molecular weight is 436 g/mol. The van der Waals surface area contributed by atoms with Crippen LogP contribution in [0.3, 0.4) is 0 Å². The van der Waals surface area contributed by atoms with Crippen molar-refractivity contribution in [2.45, 2.75) is 66.1 Å². The molecule has 3 aromatic heterocycles. The molecule has 8 nitrogen and oxygen atoms in total. The first-order chi connectivity index (χ1) is 15.5. The number of hydrogen-bond acceptors (Lipinski definition) is 5. The highest BCUT2D eigenvalue weighted by atomic mass is 16.4. The minimum atomic E-state index is -0.361. The summed E-state index contributed by atoms with van der Waals surface area (Å²) in [6.07, 6.45) is 5.37. The van der Waals surface area contributed by atoms with Crippen LogP contribution >= 0.6 is 0 Å². The molecule has 0 unspecified atom stereocenters. The molecule has 0 spiro atoms. The quantitative estimate of drug-likeness (QED) is 0.397. The van der Waals surface area contributed by atoms with Crippen molar-refractivity contribution in [3.05, 3.63) is 69.0 Å². The number of imidazole rings is 1. The smallest absolute Gasteiger partial charge is 0.333 e. The van der Waals surface area contributed by atoms with Gasteiger partial charge in [-0.15, -0.1) is 0 Å². The van der Waals surface area contributed by atoms with Crippen molar-refractivity contribution in [3.63, 3.8) is 0 Å². The van der Waals surface area contributed by atoms with Crippen molar-refractivity contribution < 1.29 is 4.42 Å². The summed E-state index contributed by atoms with van der Waals surface area (Å²) in [7, 11) is 0. The van der Waals surface area contributed by atoms with Gasteiger partial charge in [-0.05, 0) is 31.9 Å². The minimum Gasteiger partial charge on any atom is -0.441 e. The van der Waals surface area contributed by atoms with Gasteiger partial charge >= 0.3 is 5.69 Å². The van der Waals surface area contributed by atoms with Gasteiger partial charge in [0.1, 0.15) is 11.5 Å². The summed E-state index contributed by atoms with van der Waals surface area (Å²) < 4.78 is 10.6. The van der Waals surface area contributed by atoms with Gasteiger partial charge in [-0.2, -0.15) is 0 Å². The van der Waals surface area contributed by atoms with Crippen molar-refractivity contribution in [1.82, 2.24) is 23.7 Å². The molecule has 0 N–H and O–H groups in total. The van der Waals surface area contributed by atoms with Crippen LogP contribution in [0.1, 0.15) is 51.0 Å². The van der Waals surface area contributed by atoms with E-state index in [9.17, 15) is 9.59 Å². The van der Waals surface area contributed by atoms with E-state index in [0.717, 1.165) is 31.2 Å². The van der Waals surface area contributed by atoms with Crippen LogP contribution in [0.2, 0.25) is 0 Å². The molecule has 0 bridgehead atoms. The fraction of sp³-hybridized carbons (Fsp3) is 0.417. The van der Waals surface area contributed by atoms with E-state index in [0.29, 0.717) is 41.6 Å². The lowest BCUT2D eigenvalue weighted by Gasteiger charge is -2.12. The highest BCUT2D eigenvalue weighted by Crippen LogP contribution is 2.21. The molecule has 4 aromatic rings. The van der Waals surface area contributed by atoms with Crippen LogP contribution in [0.25, 0.3) is 22.6 Å². The normalized spacial score (nSPS) is 11.5. The van der Waals surface area contributed by atoms with E-state index < -0.39 is 0 Å². The molecule has 0 fully saturated rings. The van der Waals surface area contributed by atoms with Gasteiger partial charge in [-0.3, -0.25) is 13.9 Å². The second kappa shape index (κ2) is 9.38. The maximum Gasteiger partial charge on any atom is 0.333 e. The summed E-state index contributed by atoms with van der Waals surface area (Å²) in [5.74, 6) is 1.07. The van der Waals surface area contributed by atoms with Crippen molar-refractivity contribution >= 4 is 11.2 Å². The summed E-state index contributed by atoms with van der Waals surface area (Å²) in [6, 6.07) is 9.58. The van der Waals surface area contributed by atoms with Gasteiger partial charge in [0.2, 0.25) is 5.89 Å². The minimum absolute atomic E-state index is 0.0564. The van der Waals surface area contributed by atoms with Crippen LogP contribution < -0.4 is 11.2 Å². The first-order valence-electron chi connectivity index (χ1n) is 11.2. The third kappa shape index (κ3) is 4.04. The Labute approximate surface area is 186 Å². The number of benzene rings is 1. The Hall–Kier alpha value is -3.42. The molecular weight excluding hydrogens is 406 g/mol. The SMILES string of the molecule is CCCCn1cnc2c1c(=O)n(Cc1nc(-c3ccccc3)oc1C)c(=O)n2CCCC. The number of rotatable bonds is 9. The van der Waals surface area contributed by atoms with Crippen LogP contribution in [-0.4, -0.2) is 23.7 Å². The largest absolute Gasteiger partial charge is 0.441 e. The van der Waals surface area contributed by atoms with Crippen molar-refractivity contribution in [2.24, 2.45) is 0 Å². The second-order valence-electron chi connectivity index (χ2n) is 8.03. The molecule has 3 heterocycles. The molecule has 0 amide bonds. The Bertz CT molecular complexity index is 1330. The maximum absolute atomic E-state index is 13.4. The lowest BCUT2D eigenvalue weighted by molar-refractivity contribution is 0.532. The zero-order chi connectivity index (χ0) is 22.7. The molecular formula is C24H29N5O3. The van der Waals surface area contributed by atoms with Gasteiger partial charge in [0, 0.05) is 18.7 Å². The number of fused-ring (bicyclic) bond motifs is 1. The first-order valence-corrected chi connectivity index (χ1v) is 11.2. The van der Waals surface area contributed by atoms with Crippen LogP contribution in [0.5, 0.6) is 0 Å². The number of oxazole rings is 1. The van der Waals surface area contributed by atoms with E-state index in [2.05, 4.69) is 23.8 Å². The summed E-state index contributed by atoms with van der Waals surface area (Å²) in [4.78, 5) is 35.8. The molecule has 0 saturated heterocycles. The average Bonchev–Trinajstić information content (AvgIpc) is 3.39. The van der Waals surface area contributed by atoms with Gasteiger partial charge < -0.3 is 8.98 Å². The second-order valence-corrected chi connectivity index (χ2v) is 8.03. The lowest BCUT2D eigenvalue weighted by Crippen LogP contribution is -2.41. The van der Waals surface area contributed by atoms with E-state index in [1.165, 1.54) is 4.57 Å². The lowest BCUT2D eigenvalue weighted by atomic mass is 10.2. The third-order valence-corrected chi connectivity index (χ3v) is 5.69. The molecule has 0 atom stereocenters. The monoisotopic (exact) mass is 435 g/mol. The van der Waals surface area contributed by atoms with E-state index in [-0.39, 0.29) is 17.8 Å². The van der Waals surface area contributed by atoms with E-state index in [1.54, 1.807) is 17.8 Å². The van der Waals surface area contributed by atoms with Gasteiger partial charge in [-0.1, -0.05) is 44.9 Å². The zero-order valence-corrected chi connectivity index (χ0v) is 18.9. The van der Waals surface area contributed by atoms with Crippen molar-refractivity contribution in [2.75, 3.05) is 0 Å². The Morgan fingerprint density at radius 2 is 1.69 bits per heavy atom. The molecule has 0 saturated carbocycles. The molecule has 8 heteroatoms. The highest BCUT2D eigenvalue weighted by molar-refractivity contribution is 5.70. The van der Waals surface area contributed by atoms with Crippen LogP contribution in [0, 0.1) is 6.92 Å². The van der Waals surface area contributed by atoms with E-state index >= 15 is 0 Å². The molecule has 4 rings (SSSR count). The van der Waals surface area contributed by atoms with Crippen molar-refractivity contribution in [3.8, 4) is 11.5 Å². The Kier molecular flexibility index (Phi) is 6.39. The number of unbranched alkanes of at least 4 members (excludes halogenated alkanes) is 2. The Morgan fingerprint density at radius 3 is 2.41 bits per heavy atom. The van der Waals surface area contributed by atoms with Crippen molar-refractivity contribution in [1.29, 1.82) is 0 Å². The predicted molar refractivity (Wildman–Crippen MR) is 124 cm³/mol. The summed E-state index contributed by atoms with van der Waals surface area (Å²) >= 11 is 0. The molecule has 0 radical (unpaired) electrons. The number of aromatic nitrogens is 5. The van der Waals surface area contributed by atoms with Crippen LogP contribution in [-0.2, 0) is 19.6 Å². The topological polar surface area (TPSA) is 87.8 Å². The first kappa shape index (κ1) is 21.8. The van der Waals surface area contributed by atoms with E-state index in [1.807, 2.05) is 34.9 Å². The fourth-order valence-electron chi connectivity index (χ4n) is 3.82. The predicted octanol–water partition coefficient (Wildman–Crippen LogP) is 3.97. The summed E-state index contributed by atoms with van der Waals surface area (Å²) in [5, 5.41) is 0. The Balaban J connectivity index is 1.82. The number of aryl methyl sites for hydroxylation is 3. The van der Waals surface area contributed by atoms with Gasteiger partial charge in [0.15, 0.2) is 11.2 Å². The molecule has 32 heavy (non-hydrogen) atoms. The van der Waals surface area contributed by atoms with Gasteiger partial charge in [-0.25, -0.2) is 14.8 Å². The molecule has 1 aromatic carbocycles. The summed E-state index contributed by atoms with van der Waals surface area (Å²) in [5.41, 5.74) is 1.66. The molecule has 0 aliphatic rings. The number of nitrogens with zero attached hydrogens (tertiary/aromatic N) is 5. The zero-order valence-electron chi connectivity index (χ0n) is 18.9. The standard InChI is InChI=1S/C24H29N5O3/c1-4-6-13-27-16-25-21-20(27)23(30)29(24(31)28(21)14-7-5-2)15-19-17(3)32-22(26-19)18-11-9-8-10-12-18/h8-12,16H,4-7,13-15H2,1-3H3. The molecule has 0 aliphatic carbocycles. The number of hydrogen-bond donors (Lipinski definition) is 0. The highest BCUT2D eigenvalue weighted by Gasteiger charge is 2.20. The maximum atomic E-state index is 13.4. The molecule has 168 valence electrons. The van der Waals surface area contributed by atoms with E-state index in [4.69, 9.17) is 4.42 Å². The van der Waals surface area contributed by atoms with Crippen LogP contribution in [0.15, 0.2) is 50.7 Å². The third-order valence-electron chi connectivity index (χ3n) is 5.69. The Morgan fingerprint density at radius 1 is 0.969 bits per heavy atom. The fourth-order valence-corrected chi connectivity index (χ4v) is 3.82. The van der Waals surface area contributed by atoms with Crippen LogP contribution in [0.4, 0.5) is 0 Å².